The highest BCUT2D eigenvalue weighted by molar-refractivity contribution is 5.81. The first-order valence-electron chi connectivity index (χ1n) is 7.41. The molecule has 2 atom stereocenters. The first-order chi connectivity index (χ1) is 9.87. The van der Waals surface area contributed by atoms with Gasteiger partial charge in [0, 0.05) is 5.92 Å². The molecule has 2 unspecified atom stereocenters. The molecular weight excluding hydrogens is 268 g/mol. The molecule has 0 saturated heterocycles. The molecule has 1 rings (SSSR count). The van der Waals surface area contributed by atoms with Gasteiger partial charge in [-0.3, -0.25) is 0 Å². The van der Waals surface area contributed by atoms with Gasteiger partial charge in [-0.2, -0.15) is 0 Å². The minimum Gasteiger partial charge on any atom is -0.494 e. The van der Waals surface area contributed by atoms with Crippen molar-refractivity contribution in [3.05, 3.63) is 29.8 Å². The lowest BCUT2D eigenvalue weighted by atomic mass is 9.76. The van der Waals surface area contributed by atoms with Gasteiger partial charge in [-0.05, 0) is 30.0 Å². The van der Waals surface area contributed by atoms with E-state index in [1.807, 2.05) is 45.0 Å². The predicted molar refractivity (Wildman–Crippen MR) is 82.4 cm³/mol. The van der Waals surface area contributed by atoms with Crippen LogP contribution in [0.1, 0.15) is 45.6 Å². The van der Waals surface area contributed by atoms with Crippen LogP contribution < -0.4 is 4.74 Å². The number of esters is 1. The monoisotopic (exact) mass is 294 g/mol. The van der Waals surface area contributed by atoms with E-state index in [1.165, 1.54) is 7.11 Å². The summed E-state index contributed by atoms with van der Waals surface area (Å²) < 4.78 is 10.3. The highest BCUT2D eigenvalue weighted by Crippen LogP contribution is 2.35. The fraction of sp³-hybridized carbons (Fsp3) is 0.588. The average Bonchev–Trinajstić information content (AvgIpc) is 2.50. The van der Waals surface area contributed by atoms with E-state index in [1.54, 1.807) is 0 Å². The van der Waals surface area contributed by atoms with Crippen molar-refractivity contribution in [1.82, 2.24) is 0 Å². The zero-order valence-corrected chi connectivity index (χ0v) is 13.6. The quantitative estimate of drug-likeness (QED) is 0.785. The number of ether oxygens (including phenoxy) is 2. The van der Waals surface area contributed by atoms with E-state index < -0.39 is 11.6 Å². The number of carbonyl (C=O) groups excluding carboxylic acids is 1. The zero-order valence-electron chi connectivity index (χ0n) is 13.6. The molecule has 1 N–H and O–H groups in total. The van der Waals surface area contributed by atoms with Gasteiger partial charge in [0.05, 0.1) is 13.7 Å². The maximum atomic E-state index is 12.0. The van der Waals surface area contributed by atoms with Crippen molar-refractivity contribution < 1.29 is 19.4 Å². The van der Waals surface area contributed by atoms with Crippen molar-refractivity contribution >= 4 is 5.97 Å². The molecule has 0 saturated carbocycles. The molecule has 0 radical (unpaired) electrons. The summed E-state index contributed by atoms with van der Waals surface area (Å²) in [5, 5.41) is 10.8. The number of hydrogen-bond acceptors (Lipinski definition) is 4. The van der Waals surface area contributed by atoms with Crippen molar-refractivity contribution in [2.75, 3.05) is 13.7 Å². The van der Waals surface area contributed by atoms with Gasteiger partial charge in [-0.15, -0.1) is 0 Å². The third kappa shape index (κ3) is 3.76. The van der Waals surface area contributed by atoms with Crippen LogP contribution in [-0.2, 0) is 9.53 Å². The summed E-state index contributed by atoms with van der Waals surface area (Å²) in [5.74, 6) is -0.434. The molecule has 21 heavy (non-hydrogen) atoms. The lowest BCUT2D eigenvalue weighted by Gasteiger charge is -2.35. The Labute approximate surface area is 127 Å². The first kappa shape index (κ1) is 17.5. The molecule has 0 amide bonds. The van der Waals surface area contributed by atoms with E-state index in [4.69, 9.17) is 9.47 Å². The van der Waals surface area contributed by atoms with Gasteiger partial charge in [-0.1, -0.05) is 39.8 Å². The summed E-state index contributed by atoms with van der Waals surface area (Å²) in [7, 11) is 1.30. The summed E-state index contributed by atoms with van der Waals surface area (Å²) in [6.07, 6.45) is 0.952. The van der Waals surface area contributed by atoms with Crippen LogP contribution in [0.3, 0.4) is 0 Å². The van der Waals surface area contributed by atoms with Gasteiger partial charge in [-0.25, -0.2) is 4.79 Å². The van der Waals surface area contributed by atoms with E-state index in [2.05, 4.69) is 6.92 Å². The molecule has 0 aliphatic rings. The summed E-state index contributed by atoms with van der Waals surface area (Å²) in [4.78, 5) is 12.0. The van der Waals surface area contributed by atoms with Crippen LogP contribution in [0.2, 0.25) is 0 Å². The minimum absolute atomic E-state index is 0.254. The Hall–Kier alpha value is -1.55. The molecule has 0 fully saturated rings. The second-order valence-corrected chi connectivity index (χ2v) is 5.61. The Morgan fingerprint density at radius 2 is 1.81 bits per heavy atom. The van der Waals surface area contributed by atoms with Gasteiger partial charge in [0.25, 0.3) is 0 Å². The number of hydrogen-bond donors (Lipinski definition) is 1. The Balaban J connectivity index is 2.99. The lowest BCUT2D eigenvalue weighted by molar-refractivity contribution is -0.170. The van der Waals surface area contributed by atoms with Crippen LogP contribution >= 0.6 is 0 Å². The van der Waals surface area contributed by atoms with Crippen molar-refractivity contribution in [3.63, 3.8) is 0 Å². The van der Waals surface area contributed by atoms with Crippen molar-refractivity contribution in [3.8, 4) is 5.75 Å². The van der Waals surface area contributed by atoms with Crippen LogP contribution in [0.25, 0.3) is 0 Å². The second-order valence-electron chi connectivity index (χ2n) is 5.61. The fourth-order valence-electron chi connectivity index (χ4n) is 2.40. The maximum absolute atomic E-state index is 12.0. The Kier molecular flexibility index (Phi) is 6.21. The Morgan fingerprint density at radius 3 is 2.24 bits per heavy atom. The Bertz CT molecular complexity index is 452. The van der Waals surface area contributed by atoms with Gasteiger partial charge in [0.2, 0.25) is 0 Å². The summed E-state index contributed by atoms with van der Waals surface area (Å²) in [5.41, 5.74) is -0.666. The topological polar surface area (TPSA) is 55.8 Å². The van der Waals surface area contributed by atoms with Crippen molar-refractivity contribution in [2.24, 2.45) is 5.92 Å². The number of carbonyl (C=O) groups is 1. The smallest absolute Gasteiger partial charge is 0.338 e. The number of aliphatic hydroxyl groups is 1. The molecule has 118 valence electrons. The van der Waals surface area contributed by atoms with Crippen LogP contribution in [0.5, 0.6) is 5.75 Å². The lowest BCUT2D eigenvalue weighted by Crippen LogP contribution is -2.49. The molecule has 0 aromatic heterocycles. The van der Waals surface area contributed by atoms with Crippen LogP contribution in [0.4, 0.5) is 0 Å². The third-order valence-electron chi connectivity index (χ3n) is 3.91. The van der Waals surface area contributed by atoms with Gasteiger partial charge < -0.3 is 14.6 Å². The van der Waals surface area contributed by atoms with E-state index in [-0.39, 0.29) is 11.8 Å². The molecule has 0 spiro atoms. The van der Waals surface area contributed by atoms with E-state index in [0.29, 0.717) is 6.61 Å². The van der Waals surface area contributed by atoms with Gasteiger partial charge >= 0.3 is 5.97 Å². The average molecular weight is 294 g/mol. The van der Waals surface area contributed by atoms with Crippen molar-refractivity contribution in [1.29, 1.82) is 0 Å². The maximum Gasteiger partial charge on any atom is 0.338 e. The molecule has 4 heteroatoms. The molecular formula is C17H26O4. The van der Waals surface area contributed by atoms with Crippen LogP contribution in [0.15, 0.2) is 24.3 Å². The Morgan fingerprint density at radius 1 is 1.24 bits per heavy atom. The largest absolute Gasteiger partial charge is 0.494 e. The number of rotatable bonds is 7. The van der Waals surface area contributed by atoms with Gasteiger partial charge in [0.15, 0.2) is 5.60 Å². The second kappa shape index (κ2) is 7.46. The van der Waals surface area contributed by atoms with Gasteiger partial charge in [0.1, 0.15) is 5.75 Å². The molecule has 0 aliphatic carbocycles. The van der Waals surface area contributed by atoms with E-state index in [9.17, 15) is 9.90 Å². The fourth-order valence-corrected chi connectivity index (χ4v) is 2.40. The standard InChI is InChI=1S/C17H26O4/c1-6-11-21-15-9-7-14(8-10-15)13(4)17(19,12(2)3)16(18)20-5/h7-10,12-13,19H,6,11H2,1-5H3. The predicted octanol–water partition coefficient (Wildman–Crippen LogP) is 3.14. The minimum atomic E-state index is -1.54. The molecule has 1 aromatic rings. The van der Waals surface area contributed by atoms with E-state index >= 15 is 0 Å². The number of methoxy groups -OCH3 is 1. The zero-order chi connectivity index (χ0) is 16.0. The van der Waals surface area contributed by atoms with Crippen LogP contribution in [0, 0.1) is 5.92 Å². The molecule has 1 aromatic carbocycles. The molecule has 0 heterocycles. The molecule has 4 nitrogen and oxygen atoms in total. The summed E-state index contributed by atoms with van der Waals surface area (Å²) in [6, 6.07) is 7.48. The molecule has 0 bridgehead atoms. The van der Waals surface area contributed by atoms with Crippen molar-refractivity contribution in [2.45, 2.75) is 45.6 Å². The normalized spacial score (nSPS) is 15.4. The highest BCUT2D eigenvalue weighted by atomic mass is 16.5. The third-order valence-corrected chi connectivity index (χ3v) is 3.91. The molecule has 0 aliphatic heterocycles. The van der Waals surface area contributed by atoms with Crippen LogP contribution in [-0.4, -0.2) is 30.4 Å². The highest BCUT2D eigenvalue weighted by Gasteiger charge is 2.46. The van der Waals surface area contributed by atoms with E-state index in [0.717, 1.165) is 17.7 Å². The SMILES string of the molecule is CCCOc1ccc(C(C)C(O)(C(=O)OC)C(C)C)cc1. The summed E-state index contributed by atoms with van der Waals surface area (Å²) >= 11 is 0. The number of benzene rings is 1. The summed E-state index contributed by atoms with van der Waals surface area (Å²) in [6.45, 7) is 8.18. The first-order valence-corrected chi connectivity index (χ1v) is 7.41.